The Bertz CT molecular complexity index is 843. The normalized spacial score (nSPS) is 19.4. The van der Waals surface area contributed by atoms with E-state index in [1.165, 1.54) is 28.6 Å². The van der Waals surface area contributed by atoms with Gasteiger partial charge in [0, 0.05) is 29.5 Å². The lowest BCUT2D eigenvalue weighted by atomic mass is 9.99. The molecule has 0 aromatic heterocycles. The van der Waals surface area contributed by atoms with Gasteiger partial charge in [0.25, 0.3) is 0 Å². The van der Waals surface area contributed by atoms with E-state index in [0.29, 0.717) is 11.5 Å². The molecule has 0 unspecified atom stereocenters. The third-order valence-electron chi connectivity index (χ3n) is 4.38. The van der Waals surface area contributed by atoms with Crippen molar-refractivity contribution in [1.82, 2.24) is 9.79 Å². The number of ether oxygens (including phenoxy) is 1. The van der Waals surface area contributed by atoms with E-state index >= 15 is 0 Å². The highest BCUT2D eigenvalue weighted by Gasteiger charge is 2.44. The minimum atomic E-state index is -3.84. The summed E-state index contributed by atoms with van der Waals surface area (Å²) in [5.74, 6) is 5.49. The predicted molar refractivity (Wildman–Crippen MR) is 106 cm³/mol. The number of carbonyl (C=O) groups is 1. The highest BCUT2D eigenvalue weighted by atomic mass is 32.2. The number of amides is 1. The Kier molecular flexibility index (Phi) is 7.74. The summed E-state index contributed by atoms with van der Waals surface area (Å²) in [5.41, 5.74) is 1.58. The SMILES string of the molecule is CC1(C)SCCN(S(=O)(=O)c2ccc(OCC#CCO)cc2)[C@H]1CC(=O)NO. The average Bonchev–Trinajstić information content (AvgIpc) is 2.66. The fraction of sp³-hybridized carbons (Fsp3) is 0.500. The van der Waals surface area contributed by atoms with Crippen LogP contribution in [0.4, 0.5) is 0 Å². The highest BCUT2D eigenvalue weighted by Crippen LogP contribution is 2.39. The Hall–Kier alpha value is -1.77. The smallest absolute Gasteiger partial charge is 0.245 e. The number of thioether (sulfide) groups is 1. The van der Waals surface area contributed by atoms with Crippen molar-refractivity contribution in [1.29, 1.82) is 0 Å². The number of sulfonamides is 1. The third kappa shape index (κ3) is 5.40. The van der Waals surface area contributed by atoms with Gasteiger partial charge in [-0.15, -0.1) is 0 Å². The number of nitrogens with one attached hydrogen (secondary N) is 1. The fourth-order valence-corrected chi connectivity index (χ4v) is 6.08. The van der Waals surface area contributed by atoms with Gasteiger partial charge >= 0.3 is 0 Å². The van der Waals surface area contributed by atoms with Crippen molar-refractivity contribution in [3.05, 3.63) is 24.3 Å². The Balaban J connectivity index is 2.24. The number of aliphatic hydroxyl groups excluding tert-OH is 1. The monoisotopic (exact) mass is 428 g/mol. The van der Waals surface area contributed by atoms with Crippen molar-refractivity contribution in [2.75, 3.05) is 25.5 Å². The van der Waals surface area contributed by atoms with E-state index in [0.717, 1.165) is 0 Å². The molecule has 1 aliphatic heterocycles. The number of nitrogens with zero attached hydrogens (tertiary/aromatic N) is 1. The Morgan fingerprint density at radius 1 is 1.36 bits per heavy atom. The van der Waals surface area contributed by atoms with Crippen molar-refractivity contribution < 1.29 is 28.3 Å². The topological polar surface area (TPSA) is 116 Å². The van der Waals surface area contributed by atoms with Gasteiger partial charge in [0.1, 0.15) is 19.0 Å². The fourth-order valence-electron chi connectivity index (χ4n) is 2.92. The van der Waals surface area contributed by atoms with Crippen molar-refractivity contribution in [2.45, 2.75) is 36.0 Å². The standard InChI is InChI=1S/C18H24N2O6S2/c1-18(2)16(13-17(22)19-23)20(9-12-27-18)28(24,25)15-7-5-14(6-8-15)26-11-4-3-10-21/h5-8,16,21,23H,9-13H2,1-2H3,(H,19,22)/t16-/m0/s1. The van der Waals surface area contributed by atoms with Gasteiger partial charge in [0.05, 0.1) is 4.90 Å². The number of hydrogen-bond donors (Lipinski definition) is 3. The van der Waals surface area contributed by atoms with E-state index in [9.17, 15) is 13.2 Å². The predicted octanol–water partition coefficient (Wildman–Crippen LogP) is 0.841. The van der Waals surface area contributed by atoms with Crippen LogP contribution in [0.1, 0.15) is 20.3 Å². The van der Waals surface area contributed by atoms with E-state index in [4.69, 9.17) is 15.1 Å². The summed E-state index contributed by atoms with van der Waals surface area (Å²) in [6.45, 7) is 3.88. The van der Waals surface area contributed by atoms with Crippen LogP contribution in [0.3, 0.4) is 0 Å². The number of hydroxylamine groups is 1. The molecule has 0 aliphatic carbocycles. The number of rotatable bonds is 6. The zero-order chi connectivity index (χ0) is 20.8. The summed E-state index contributed by atoms with van der Waals surface area (Å²) >= 11 is 1.59. The van der Waals surface area contributed by atoms with Crippen LogP contribution < -0.4 is 10.2 Å². The van der Waals surface area contributed by atoms with Gasteiger partial charge in [-0.3, -0.25) is 10.0 Å². The molecular formula is C18H24N2O6S2. The van der Waals surface area contributed by atoms with Crippen LogP contribution in [0.2, 0.25) is 0 Å². The molecule has 1 fully saturated rings. The molecule has 1 saturated heterocycles. The Morgan fingerprint density at radius 3 is 2.64 bits per heavy atom. The van der Waals surface area contributed by atoms with Crippen molar-refractivity contribution in [3.63, 3.8) is 0 Å². The molecule has 0 radical (unpaired) electrons. The van der Waals surface area contributed by atoms with Crippen LogP contribution in [0.5, 0.6) is 5.75 Å². The molecule has 2 rings (SSSR count). The molecule has 0 bridgehead atoms. The second-order valence-corrected chi connectivity index (χ2v) is 10.2. The molecular weight excluding hydrogens is 404 g/mol. The molecule has 1 aromatic rings. The van der Waals surface area contributed by atoms with Gasteiger partial charge in [-0.2, -0.15) is 16.1 Å². The zero-order valence-corrected chi connectivity index (χ0v) is 17.3. The third-order valence-corrected chi connectivity index (χ3v) is 7.71. The van der Waals surface area contributed by atoms with Crippen molar-refractivity contribution >= 4 is 27.7 Å². The lowest BCUT2D eigenvalue weighted by Crippen LogP contribution is -2.56. The molecule has 0 spiro atoms. The average molecular weight is 429 g/mol. The summed E-state index contributed by atoms with van der Waals surface area (Å²) < 4.78 is 32.6. The summed E-state index contributed by atoms with van der Waals surface area (Å²) in [6.07, 6.45) is -0.138. The Labute approximate surface area is 169 Å². The van der Waals surface area contributed by atoms with Crippen LogP contribution in [0.25, 0.3) is 0 Å². The molecule has 1 amide bonds. The quantitative estimate of drug-likeness (QED) is 0.349. The second kappa shape index (κ2) is 9.62. The number of carbonyl (C=O) groups excluding carboxylic acids is 1. The lowest BCUT2D eigenvalue weighted by molar-refractivity contribution is -0.130. The molecule has 154 valence electrons. The van der Waals surface area contributed by atoms with E-state index in [1.54, 1.807) is 17.2 Å². The van der Waals surface area contributed by atoms with Gasteiger partial charge in [-0.05, 0) is 38.1 Å². The molecule has 1 heterocycles. The number of benzene rings is 1. The van der Waals surface area contributed by atoms with Crippen LogP contribution in [-0.4, -0.2) is 65.2 Å². The first-order chi connectivity index (χ1) is 13.2. The van der Waals surface area contributed by atoms with Crippen LogP contribution in [0, 0.1) is 11.8 Å². The molecule has 8 nitrogen and oxygen atoms in total. The first-order valence-electron chi connectivity index (χ1n) is 8.60. The first kappa shape index (κ1) is 22.5. The van der Waals surface area contributed by atoms with Gasteiger partial charge in [-0.1, -0.05) is 11.8 Å². The maximum Gasteiger partial charge on any atom is 0.245 e. The number of aliphatic hydroxyl groups is 1. The zero-order valence-electron chi connectivity index (χ0n) is 15.7. The largest absolute Gasteiger partial charge is 0.481 e. The van der Waals surface area contributed by atoms with Gasteiger partial charge in [0.15, 0.2) is 0 Å². The Morgan fingerprint density at radius 2 is 2.04 bits per heavy atom. The maximum atomic E-state index is 13.2. The summed E-state index contributed by atoms with van der Waals surface area (Å²) in [4.78, 5) is 11.8. The lowest BCUT2D eigenvalue weighted by Gasteiger charge is -2.44. The molecule has 0 saturated carbocycles. The van der Waals surface area contributed by atoms with E-state index in [-0.39, 0.29) is 31.1 Å². The molecule has 10 heteroatoms. The molecule has 28 heavy (non-hydrogen) atoms. The van der Waals surface area contributed by atoms with Crippen LogP contribution in [0.15, 0.2) is 29.2 Å². The molecule has 3 N–H and O–H groups in total. The highest BCUT2D eigenvalue weighted by molar-refractivity contribution is 8.00. The summed E-state index contributed by atoms with van der Waals surface area (Å²) in [7, 11) is -3.84. The van der Waals surface area contributed by atoms with Crippen LogP contribution >= 0.6 is 11.8 Å². The van der Waals surface area contributed by atoms with Crippen LogP contribution in [-0.2, 0) is 14.8 Å². The maximum absolute atomic E-state index is 13.2. The van der Waals surface area contributed by atoms with E-state index in [1.807, 2.05) is 13.8 Å². The first-order valence-corrected chi connectivity index (χ1v) is 11.0. The molecule has 1 aliphatic rings. The number of hydrogen-bond acceptors (Lipinski definition) is 7. The molecule has 1 atom stereocenters. The van der Waals surface area contributed by atoms with Gasteiger partial charge in [-0.25, -0.2) is 13.9 Å². The minimum Gasteiger partial charge on any atom is -0.481 e. The van der Waals surface area contributed by atoms with Crippen molar-refractivity contribution in [2.24, 2.45) is 0 Å². The molecule has 1 aromatic carbocycles. The van der Waals surface area contributed by atoms with Gasteiger partial charge < -0.3 is 9.84 Å². The van der Waals surface area contributed by atoms with Crippen molar-refractivity contribution in [3.8, 4) is 17.6 Å². The van der Waals surface area contributed by atoms with E-state index < -0.39 is 26.7 Å². The summed E-state index contributed by atoms with van der Waals surface area (Å²) in [6, 6.07) is 5.36. The van der Waals surface area contributed by atoms with E-state index in [2.05, 4.69) is 11.8 Å². The summed E-state index contributed by atoms with van der Waals surface area (Å²) in [5, 5.41) is 17.5. The second-order valence-electron chi connectivity index (χ2n) is 6.59. The van der Waals surface area contributed by atoms with Gasteiger partial charge in [0.2, 0.25) is 15.9 Å². The minimum absolute atomic E-state index is 0.0859.